The maximum atomic E-state index is 12.7. The molecule has 8 aliphatic rings. The number of allylic oxidation sites excluding steroid dienone is 2. The van der Waals surface area contributed by atoms with Gasteiger partial charge in [-0.25, -0.2) is 9.59 Å². The Morgan fingerprint density at radius 1 is 0.596 bits per heavy atom. The second-order valence-corrected chi connectivity index (χ2v) is 32.5. The Hall–Kier alpha value is -2.90. The Bertz CT molecular complexity index is 2630. The summed E-state index contributed by atoms with van der Waals surface area (Å²) in [5.74, 6) is 9.54. The number of nitrogens with zero attached hydrogens (tertiary/aromatic N) is 1. The molecule has 0 aliphatic heterocycles. The lowest BCUT2D eigenvalue weighted by atomic mass is 9.47. The molecule has 0 heterocycles. The molecule has 0 radical (unpaired) electrons. The Morgan fingerprint density at radius 2 is 1.06 bits per heavy atom. The van der Waals surface area contributed by atoms with Crippen molar-refractivity contribution in [1.29, 1.82) is 0 Å². The molecule has 16 unspecified atom stereocenters. The molecule has 0 bridgehead atoms. The summed E-state index contributed by atoms with van der Waals surface area (Å²) in [7, 11) is 0. The summed E-state index contributed by atoms with van der Waals surface area (Å²) in [6.45, 7) is 29.5. The van der Waals surface area contributed by atoms with Crippen molar-refractivity contribution in [2.45, 2.75) is 255 Å². The van der Waals surface area contributed by atoms with Gasteiger partial charge in [-0.15, -0.1) is 0 Å². The van der Waals surface area contributed by atoms with Crippen molar-refractivity contribution in [2.75, 3.05) is 39.5 Å². The summed E-state index contributed by atoms with van der Waals surface area (Å²) in [4.78, 5) is 47.4. The number of halogens is 3. The van der Waals surface area contributed by atoms with Gasteiger partial charge in [0.25, 0.3) is 5.91 Å². The van der Waals surface area contributed by atoms with Crippen molar-refractivity contribution in [2.24, 2.45) is 92.7 Å². The number of ether oxygens (including phenoxy) is 4. The normalized spacial score (nSPS) is 33.3. The van der Waals surface area contributed by atoms with Crippen LogP contribution in [0, 0.1) is 110 Å². The van der Waals surface area contributed by atoms with Gasteiger partial charge in [0.2, 0.25) is 0 Å². The first-order valence-electron chi connectivity index (χ1n) is 35.6. The zero-order valence-electron chi connectivity index (χ0n) is 56.7. The Kier molecular flexibility index (Phi) is 25.9. The molecule has 0 aromatic heterocycles. The molecule has 1 aromatic rings. The third-order valence-electron chi connectivity index (χ3n) is 25.2. The number of hydrogen-bond acceptors (Lipinski definition) is 9. The van der Waals surface area contributed by atoms with Crippen LogP contribution in [-0.4, -0.2) is 74.1 Å². The Balaban J connectivity index is 0.000000276. The summed E-state index contributed by atoms with van der Waals surface area (Å²) in [6, 6.07) is 1.27. The number of alkyl carbamates (subject to hydrolysis) is 1. The number of amides is 2. The number of hydrogen-bond donors (Lipinski definition) is 2. The molecular formula is C74H116Cl3N3O9. The number of nitro benzene ring substituents is 1. The number of benzene rings is 1. The molecule has 12 nitrogen and oxygen atoms in total. The van der Waals surface area contributed by atoms with Gasteiger partial charge in [0.15, 0.2) is 0 Å². The van der Waals surface area contributed by atoms with Crippen LogP contribution >= 0.6 is 34.8 Å². The summed E-state index contributed by atoms with van der Waals surface area (Å²) >= 11 is 17.6. The third-order valence-corrected chi connectivity index (χ3v) is 26.0. The molecule has 2 N–H and O–H groups in total. The molecule has 9 rings (SSSR count). The molecule has 89 heavy (non-hydrogen) atoms. The van der Waals surface area contributed by atoms with Crippen molar-refractivity contribution >= 4 is 57.9 Å². The summed E-state index contributed by atoms with van der Waals surface area (Å²) in [5.41, 5.74) is 3.80. The van der Waals surface area contributed by atoms with E-state index in [-0.39, 0.29) is 39.3 Å². The number of fused-ring (bicyclic) bond motifs is 10. The number of carbonyl (C=O) groups excluding carboxylic acids is 3. The van der Waals surface area contributed by atoms with Crippen LogP contribution in [0.1, 0.15) is 252 Å². The van der Waals surface area contributed by atoms with Crippen molar-refractivity contribution in [3.05, 3.63) is 60.7 Å². The van der Waals surface area contributed by atoms with Gasteiger partial charge < -0.3 is 29.6 Å². The van der Waals surface area contributed by atoms with Crippen molar-refractivity contribution in [1.82, 2.24) is 10.6 Å². The first-order valence-corrected chi connectivity index (χ1v) is 36.7. The Morgan fingerprint density at radius 3 is 1.52 bits per heavy atom. The largest absolute Gasteiger partial charge is 0.450 e. The van der Waals surface area contributed by atoms with Gasteiger partial charge in [0, 0.05) is 69.0 Å². The van der Waals surface area contributed by atoms with Crippen LogP contribution < -0.4 is 10.6 Å². The van der Waals surface area contributed by atoms with E-state index in [0.29, 0.717) is 67.7 Å². The van der Waals surface area contributed by atoms with E-state index in [1.165, 1.54) is 109 Å². The number of nitrogens with one attached hydrogen (secondary N) is 2. The number of carbonyl (C=O) groups is 3. The molecule has 1 aromatic carbocycles. The highest BCUT2D eigenvalue weighted by Gasteiger charge is 2.61. The standard InChI is InChI=1S/C46H71Cl2N3O7.C28H45ClO2/c1-30(2)12-9-13-31(3)36-16-17-37-35-15-14-33-28-34(18-20-45(33,5)38(35)19-21-46(36,37)6)58-44(53)50-23-11-27-57-25-8-7-24-56-26-10-22-49-43(52)41-32(4)39(47)29-40(48)42(41)51(54)55;1-18(2)7-6-8-19(3)23-11-12-24-22-10-9-20-17-21(31-26(29)30)13-15-27(20,4)25(22)14-16-28(23,24)5/h14,29-31,34-38H,7-13,15-28H2,1-6H3,(H,49,52)(H,50,53);9,18-19,21-25H,6-8,10-17H2,1-5H3. The van der Waals surface area contributed by atoms with E-state index in [4.69, 9.17) is 53.8 Å². The van der Waals surface area contributed by atoms with Crippen LogP contribution in [0.2, 0.25) is 10.0 Å². The first-order chi connectivity index (χ1) is 42.3. The predicted octanol–water partition coefficient (Wildman–Crippen LogP) is 20.4. The van der Waals surface area contributed by atoms with Gasteiger partial charge in [-0.05, 0) is 227 Å². The molecule has 0 saturated heterocycles. The fraction of sp³-hybridized carbons (Fsp3) is 0.824. The van der Waals surface area contributed by atoms with E-state index in [1.807, 2.05) is 0 Å². The monoisotopic (exact) mass is 1300 g/mol. The van der Waals surface area contributed by atoms with E-state index in [2.05, 4.69) is 92.0 Å². The summed E-state index contributed by atoms with van der Waals surface area (Å²) < 4.78 is 22.7. The van der Waals surface area contributed by atoms with E-state index < -0.39 is 21.9 Å². The molecule has 15 heteroatoms. The zero-order chi connectivity index (χ0) is 64.4. The number of rotatable bonds is 27. The van der Waals surface area contributed by atoms with Crippen molar-refractivity contribution in [3.8, 4) is 0 Å². The third kappa shape index (κ3) is 17.0. The van der Waals surface area contributed by atoms with Crippen LogP contribution in [0.25, 0.3) is 0 Å². The predicted molar refractivity (Wildman–Crippen MR) is 361 cm³/mol. The van der Waals surface area contributed by atoms with Gasteiger partial charge in [-0.2, -0.15) is 0 Å². The van der Waals surface area contributed by atoms with Gasteiger partial charge in [0.1, 0.15) is 22.8 Å². The summed E-state index contributed by atoms with van der Waals surface area (Å²) in [5, 5.41) is 17.1. The van der Waals surface area contributed by atoms with Gasteiger partial charge in [0.05, 0.1) is 4.92 Å². The highest BCUT2D eigenvalue weighted by Crippen LogP contribution is 2.69. The zero-order valence-corrected chi connectivity index (χ0v) is 59.0. The lowest BCUT2D eigenvalue weighted by molar-refractivity contribution is -0.385. The molecule has 16 atom stereocenters. The van der Waals surface area contributed by atoms with Crippen LogP contribution in [0.5, 0.6) is 0 Å². The van der Waals surface area contributed by atoms with E-state index >= 15 is 0 Å². The highest BCUT2D eigenvalue weighted by atomic mass is 35.5. The lowest BCUT2D eigenvalue weighted by Crippen LogP contribution is -2.51. The topological polar surface area (TPSA) is 155 Å². The smallest absolute Gasteiger partial charge is 0.407 e. The lowest BCUT2D eigenvalue weighted by Gasteiger charge is -2.58. The molecule has 6 fully saturated rings. The minimum Gasteiger partial charge on any atom is -0.450 e. The molecule has 8 aliphatic carbocycles. The molecular weight excluding hydrogens is 1180 g/mol. The quantitative estimate of drug-likeness (QED) is 0.0288. The average molecular weight is 1300 g/mol. The number of nitro groups is 1. The SMILES string of the molecule is CC(C)CCCC(C)C1CCC2C3CC=C4CC(OC(=O)Cl)CCC4(C)C3CCC12C.Cc1c(Cl)cc(Cl)c([N+](=O)[O-])c1C(=O)NCCCOCCCCOCCCNC(=O)OC1CCC2(C)C(=CCC3C2CCC2(C)C(C(C)CCCC(C)C)CCC32)C1. The highest BCUT2D eigenvalue weighted by molar-refractivity contribution is 6.61. The number of unbranched alkanes of at least 4 members (excludes halogenated alkanes) is 1. The molecule has 0 spiro atoms. The fourth-order valence-corrected chi connectivity index (χ4v) is 21.1. The van der Waals surface area contributed by atoms with Gasteiger partial charge in [-0.1, -0.05) is 154 Å². The van der Waals surface area contributed by atoms with E-state index in [1.54, 1.807) is 18.1 Å². The van der Waals surface area contributed by atoms with Crippen LogP contribution in [0.4, 0.5) is 15.3 Å². The maximum Gasteiger partial charge on any atom is 0.407 e. The molecule has 2 amide bonds. The minimum absolute atomic E-state index is 0.0164. The van der Waals surface area contributed by atoms with Crippen LogP contribution in [0.3, 0.4) is 0 Å². The van der Waals surface area contributed by atoms with Gasteiger partial charge >= 0.3 is 17.2 Å². The summed E-state index contributed by atoms with van der Waals surface area (Å²) in [6.07, 6.45) is 35.7. The minimum atomic E-state index is -0.670. The molecule has 502 valence electrons. The van der Waals surface area contributed by atoms with Crippen molar-refractivity contribution in [3.63, 3.8) is 0 Å². The average Bonchev–Trinajstić information content (AvgIpc) is 1.74. The Labute approximate surface area is 551 Å². The second-order valence-electron chi connectivity index (χ2n) is 31.3. The maximum absolute atomic E-state index is 12.7. The first kappa shape index (κ1) is 71.9. The van der Waals surface area contributed by atoms with Crippen LogP contribution in [-0.2, 0) is 18.9 Å². The van der Waals surface area contributed by atoms with Crippen molar-refractivity contribution < 1.29 is 38.3 Å². The van der Waals surface area contributed by atoms with Crippen LogP contribution in [0.15, 0.2) is 29.4 Å². The van der Waals surface area contributed by atoms with E-state index in [9.17, 15) is 24.5 Å². The van der Waals surface area contributed by atoms with Gasteiger partial charge in [-0.3, -0.25) is 14.9 Å². The van der Waals surface area contributed by atoms with E-state index in [0.717, 1.165) is 129 Å². The fourth-order valence-electron chi connectivity index (χ4n) is 20.4. The second kappa shape index (κ2) is 32.0. The molecule has 6 saturated carbocycles.